The number of rotatable bonds is 3. The zero-order valence-corrected chi connectivity index (χ0v) is 12.5. The highest BCUT2D eigenvalue weighted by Crippen LogP contribution is 2.21. The summed E-state index contributed by atoms with van der Waals surface area (Å²) >= 11 is 3.22. The van der Waals surface area contributed by atoms with Crippen LogP contribution in [0.3, 0.4) is 0 Å². The highest BCUT2D eigenvalue weighted by molar-refractivity contribution is 9.10. The molecular formula is C14H18BrFN2O. The predicted molar refractivity (Wildman–Crippen MR) is 76.6 cm³/mol. The Labute approximate surface area is 121 Å². The van der Waals surface area contributed by atoms with Crippen molar-refractivity contribution in [2.75, 3.05) is 13.1 Å². The van der Waals surface area contributed by atoms with Crippen molar-refractivity contribution >= 4 is 21.8 Å². The van der Waals surface area contributed by atoms with Crippen LogP contribution < -0.4 is 10.6 Å². The van der Waals surface area contributed by atoms with Crippen LogP contribution in [-0.2, 0) is 0 Å². The monoisotopic (exact) mass is 328 g/mol. The molecule has 5 heteroatoms. The number of carbonyl (C=O) groups is 1. The minimum Gasteiger partial charge on any atom is -0.349 e. The van der Waals surface area contributed by atoms with Gasteiger partial charge in [-0.05, 0) is 66.8 Å². The second-order valence-corrected chi connectivity index (χ2v) is 5.82. The molecule has 2 atom stereocenters. The SMILES string of the molecule is CC(NC(=O)c1c(F)cccc1Br)C1CCCNC1. The summed E-state index contributed by atoms with van der Waals surface area (Å²) in [5.74, 6) is -0.452. The van der Waals surface area contributed by atoms with Crippen LogP contribution in [0.5, 0.6) is 0 Å². The molecule has 19 heavy (non-hydrogen) atoms. The number of hydrogen-bond donors (Lipinski definition) is 2. The van der Waals surface area contributed by atoms with E-state index in [2.05, 4.69) is 26.6 Å². The van der Waals surface area contributed by atoms with Gasteiger partial charge in [0.25, 0.3) is 5.91 Å². The quantitative estimate of drug-likeness (QED) is 0.895. The summed E-state index contributed by atoms with van der Waals surface area (Å²) in [5.41, 5.74) is 0.0816. The lowest BCUT2D eigenvalue weighted by Crippen LogP contribution is -2.44. The van der Waals surface area contributed by atoms with E-state index in [-0.39, 0.29) is 17.5 Å². The number of piperidine rings is 1. The largest absolute Gasteiger partial charge is 0.349 e. The van der Waals surface area contributed by atoms with Crippen molar-refractivity contribution < 1.29 is 9.18 Å². The van der Waals surface area contributed by atoms with Crippen molar-refractivity contribution in [1.82, 2.24) is 10.6 Å². The number of carbonyl (C=O) groups excluding carboxylic acids is 1. The van der Waals surface area contributed by atoms with E-state index in [1.165, 1.54) is 6.07 Å². The second kappa shape index (κ2) is 6.48. The lowest BCUT2D eigenvalue weighted by atomic mass is 9.92. The van der Waals surface area contributed by atoms with Crippen molar-refractivity contribution in [3.8, 4) is 0 Å². The van der Waals surface area contributed by atoms with Crippen molar-refractivity contribution in [1.29, 1.82) is 0 Å². The maximum Gasteiger partial charge on any atom is 0.255 e. The topological polar surface area (TPSA) is 41.1 Å². The number of halogens is 2. The number of hydrogen-bond acceptors (Lipinski definition) is 2. The summed E-state index contributed by atoms with van der Waals surface area (Å²) in [6.45, 7) is 3.92. The molecule has 2 N–H and O–H groups in total. The molecule has 1 saturated heterocycles. The van der Waals surface area contributed by atoms with Crippen LogP contribution in [0, 0.1) is 11.7 Å². The van der Waals surface area contributed by atoms with E-state index in [4.69, 9.17) is 0 Å². The average molecular weight is 329 g/mol. The van der Waals surface area contributed by atoms with Crippen LogP contribution in [0.2, 0.25) is 0 Å². The molecular weight excluding hydrogens is 311 g/mol. The summed E-state index contributed by atoms with van der Waals surface area (Å²) in [6.07, 6.45) is 2.21. The second-order valence-electron chi connectivity index (χ2n) is 4.97. The van der Waals surface area contributed by atoms with E-state index >= 15 is 0 Å². The molecule has 1 fully saturated rings. The minimum atomic E-state index is -0.499. The molecule has 0 bridgehead atoms. The fourth-order valence-electron chi connectivity index (χ4n) is 2.42. The Balaban J connectivity index is 2.04. The molecule has 2 rings (SSSR count). The van der Waals surface area contributed by atoms with Gasteiger partial charge in [-0.15, -0.1) is 0 Å². The first kappa shape index (κ1) is 14.5. The third-order valence-electron chi connectivity index (χ3n) is 3.59. The van der Waals surface area contributed by atoms with Gasteiger partial charge in [-0.25, -0.2) is 4.39 Å². The first-order valence-electron chi connectivity index (χ1n) is 6.55. The van der Waals surface area contributed by atoms with Gasteiger partial charge in [0.15, 0.2) is 0 Å². The highest BCUT2D eigenvalue weighted by Gasteiger charge is 2.23. The summed E-state index contributed by atoms with van der Waals surface area (Å²) < 4.78 is 14.2. The van der Waals surface area contributed by atoms with Gasteiger partial charge in [0, 0.05) is 10.5 Å². The fraction of sp³-hybridized carbons (Fsp3) is 0.500. The van der Waals surface area contributed by atoms with Crippen molar-refractivity contribution in [3.05, 3.63) is 34.1 Å². The maximum atomic E-state index is 13.7. The number of amides is 1. The van der Waals surface area contributed by atoms with Crippen molar-refractivity contribution in [3.63, 3.8) is 0 Å². The standard InChI is InChI=1S/C14H18BrFN2O/c1-9(10-4-3-7-17-8-10)18-14(19)13-11(15)5-2-6-12(13)16/h2,5-6,9-10,17H,3-4,7-8H2,1H3,(H,18,19). The highest BCUT2D eigenvalue weighted by atomic mass is 79.9. The minimum absolute atomic E-state index is 0.0341. The molecule has 3 nitrogen and oxygen atoms in total. The smallest absolute Gasteiger partial charge is 0.255 e. The first-order valence-corrected chi connectivity index (χ1v) is 7.34. The maximum absolute atomic E-state index is 13.7. The molecule has 0 aliphatic carbocycles. The molecule has 0 saturated carbocycles. The van der Waals surface area contributed by atoms with Crippen LogP contribution in [0.15, 0.2) is 22.7 Å². The Morgan fingerprint density at radius 1 is 1.58 bits per heavy atom. The predicted octanol–water partition coefficient (Wildman–Crippen LogP) is 2.71. The lowest BCUT2D eigenvalue weighted by molar-refractivity contribution is 0.0917. The summed E-state index contributed by atoms with van der Waals surface area (Å²) in [5, 5.41) is 6.22. The molecule has 0 spiro atoms. The molecule has 1 aliphatic rings. The Morgan fingerprint density at radius 2 is 2.37 bits per heavy atom. The van der Waals surface area contributed by atoms with E-state index in [0.29, 0.717) is 10.4 Å². The van der Waals surface area contributed by atoms with Crippen molar-refractivity contribution in [2.24, 2.45) is 5.92 Å². The van der Waals surface area contributed by atoms with E-state index in [0.717, 1.165) is 25.9 Å². The number of nitrogens with one attached hydrogen (secondary N) is 2. The van der Waals surface area contributed by atoms with Crippen LogP contribution in [0.4, 0.5) is 4.39 Å². The van der Waals surface area contributed by atoms with Gasteiger partial charge < -0.3 is 10.6 Å². The van der Waals surface area contributed by atoms with Gasteiger partial charge in [0.2, 0.25) is 0 Å². The van der Waals surface area contributed by atoms with Crippen LogP contribution in [0.1, 0.15) is 30.1 Å². The van der Waals surface area contributed by atoms with Gasteiger partial charge in [0.1, 0.15) is 5.82 Å². The summed E-state index contributed by atoms with van der Waals surface area (Å²) in [7, 11) is 0. The molecule has 1 aliphatic heterocycles. The van der Waals surface area contributed by atoms with E-state index in [9.17, 15) is 9.18 Å². The molecule has 0 radical (unpaired) electrons. The Kier molecular flexibility index (Phi) is 4.93. The molecule has 2 unspecified atom stereocenters. The van der Waals surface area contributed by atoms with Gasteiger partial charge >= 0.3 is 0 Å². The summed E-state index contributed by atoms with van der Waals surface area (Å²) in [6, 6.07) is 4.58. The van der Waals surface area contributed by atoms with Gasteiger partial charge in [0.05, 0.1) is 5.56 Å². The van der Waals surface area contributed by atoms with Crippen LogP contribution in [0.25, 0.3) is 0 Å². The number of benzene rings is 1. The molecule has 1 aromatic rings. The first-order chi connectivity index (χ1) is 9.09. The zero-order chi connectivity index (χ0) is 13.8. The van der Waals surface area contributed by atoms with Crippen LogP contribution in [-0.4, -0.2) is 25.0 Å². The molecule has 1 amide bonds. The average Bonchev–Trinajstić information content (AvgIpc) is 2.39. The van der Waals surface area contributed by atoms with E-state index in [1.54, 1.807) is 12.1 Å². The van der Waals surface area contributed by atoms with Gasteiger partial charge in [-0.1, -0.05) is 6.07 Å². The third kappa shape index (κ3) is 3.54. The van der Waals surface area contributed by atoms with E-state index in [1.807, 2.05) is 6.92 Å². The van der Waals surface area contributed by atoms with Crippen LogP contribution >= 0.6 is 15.9 Å². The van der Waals surface area contributed by atoms with E-state index < -0.39 is 5.82 Å². The zero-order valence-electron chi connectivity index (χ0n) is 10.9. The lowest BCUT2D eigenvalue weighted by Gasteiger charge is -2.29. The molecule has 1 aromatic carbocycles. The summed E-state index contributed by atoms with van der Waals surface area (Å²) in [4.78, 5) is 12.1. The Bertz CT molecular complexity index is 441. The van der Waals surface area contributed by atoms with Crippen molar-refractivity contribution in [2.45, 2.75) is 25.8 Å². The third-order valence-corrected chi connectivity index (χ3v) is 4.25. The molecule has 0 aromatic heterocycles. The molecule has 104 valence electrons. The van der Waals surface area contributed by atoms with Gasteiger partial charge in [-0.3, -0.25) is 4.79 Å². The molecule has 1 heterocycles. The Hall–Kier alpha value is -0.940. The van der Waals surface area contributed by atoms with Gasteiger partial charge in [-0.2, -0.15) is 0 Å². The Morgan fingerprint density at radius 3 is 3.00 bits per heavy atom. The normalized spacial score (nSPS) is 20.9. The fourth-order valence-corrected chi connectivity index (χ4v) is 2.94.